The van der Waals surface area contributed by atoms with Crippen LogP contribution in [0.15, 0.2) is 65.8 Å². The molecule has 0 heterocycles. The van der Waals surface area contributed by atoms with E-state index in [1.807, 2.05) is 0 Å². The van der Waals surface area contributed by atoms with Crippen molar-refractivity contribution in [1.82, 2.24) is 0 Å². The molecule has 2 aromatic rings. The average Bonchev–Trinajstić information content (AvgIpc) is 2.47. The normalized spacial score (nSPS) is 10.9. The molecular weight excluding hydrogens is 228 g/mol. The number of carbonyl (C=O) groups excluding carboxylic acids is 1. The fourth-order valence-corrected chi connectivity index (χ4v) is 1.85. The van der Waals surface area contributed by atoms with E-state index >= 15 is 0 Å². The lowest BCUT2D eigenvalue weighted by molar-refractivity contribution is -0.133. The van der Waals surface area contributed by atoms with E-state index in [9.17, 15) is 9.90 Å². The summed E-state index contributed by atoms with van der Waals surface area (Å²) in [4.78, 5) is 11.8. The van der Waals surface area contributed by atoms with E-state index in [2.05, 4.69) is 5.11 Å². The number of hydrogen-bond donors (Lipinski definition) is 2. The third kappa shape index (κ3) is 1.94. The van der Waals surface area contributed by atoms with Crippen LogP contribution in [0.5, 0.6) is 0 Å². The number of aliphatic hydroxyl groups is 1. The quantitative estimate of drug-likeness (QED) is 0.809. The second-order valence-electron chi connectivity index (χ2n) is 3.86. The second kappa shape index (κ2) is 4.89. The first-order valence-electron chi connectivity index (χ1n) is 5.45. The SMILES string of the molecule is N=NC(=O)C(O)(c1ccccc1)c1ccccc1. The summed E-state index contributed by atoms with van der Waals surface area (Å²) in [6, 6.07) is 17.0. The maximum Gasteiger partial charge on any atom is 0.304 e. The predicted octanol–water partition coefficient (Wildman–Crippen LogP) is 2.48. The van der Waals surface area contributed by atoms with E-state index in [0.29, 0.717) is 11.1 Å². The summed E-state index contributed by atoms with van der Waals surface area (Å²) in [7, 11) is 0. The van der Waals surface area contributed by atoms with Gasteiger partial charge in [-0.1, -0.05) is 60.7 Å². The van der Waals surface area contributed by atoms with Crippen molar-refractivity contribution in [3.8, 4) is 0 Å². The smallest absolute Gasteiger partial charge is 0.304 e. The Kier molecular flexibility index (Phi) is 3.30. The number of nitrogens with zero attached hydrogens (tertiary/aromatic N) is 1. The van der Waals surface area contributed by atoms with Gasteiger partial charge in [0.2, 0.25) is 0 Å². The molecular formula is C14H12N2O2. The van der Waals surface area contributed by atoms with Gasteiger partial charge in [-0.05, 0) is 11.1 Å². The Balaban J connectivity index is 2.62. The van der Waals surface area contributed by atoms with E-state index in [1.54, 1.807) is 60.7 Å². The zero-order chi connectivity index (χ0) is 13.0. The van der Waals surface area contributed by atoms with E-state index in [4.69, 9.17) is 5.53 Å². The van der Waals surface area contributed by atoms with Gasteiger partial charge in [-0.25, -0.2) is 5.53 Å². The summed E-state index contributed by atoms with van der Waals surface area (Å²) < 4.78 is 0. The Morgan fingerprint density at radius 2 is 1.33 bits per heavy atom. The lowest BCUT2D eigenvalue weighted by atomic mass is 9.86. The number of carbonyl (C=O) groups is 1. The highest BCUT2D eigenvalue weighted by Crippen LogP contribution is 2.30. The van der Waals surface area contributed by atoms with Crippen LogP contribution in [0.2, 0.25) is 0 Å². The van der Waals surface area contributed by atoms with Gasteiger partial charge in [-0.2, -0.15) is 0 Å². The highest BCUT2D eigenvalue weighted by atomic mass is 16.3. The zero-order valence-corrected chi connectivity index (χ0v) is 9.58. The molecule has 0 aliphatic carbocycles. The van der Waals surface area contributed by atoms with Crippen molar-refractivity contribution in [2.45, 2.75) is 5.60 Å². The molecule has 0 saturated heterocycles. The molecule has 0 radical (unpaired) electrons. The summed E-state index contributed by atoms with van der Waals surface area (Å²) in [6.07, 6.45) is 0. The lowest BCUT2D eigenvalue weighted by Crippen LogP contribution is -2.35. The molecule has 0 fully saturated rings. The van der Waals surface area contributed by atoms with Gasteiger partial charge in [-0.15, -0.1) is 5.11 Å². The topological polar surface area (TPSA) is 73.5 Å². The molecule has 0 aliphatic rings. The van der Waals surface area contributed by atoms with Crippen LogP contribution in [0.1, 0.15) is 11.1 Å². The number of hydrogen-bond acceptors (Lipinski definition) is 3. The molecule has 90 valence electrons. The first-order valence-corrected chi connectivity index (χ1v) is 5.45. The standard InChI is InChI=1S/C14H12N2O2/c15-16-13(17)14(18,11-7-3-1-4-8-11)12-9-5-2-6-10-12/h1-10,15,18H. The molecule has 0 aliphatic heterocycles. The molecule has 0 atom stereocenters. The number of benzene rings is 2. The van der Waals surface area contributed by atoms with E-state index in [0.717, 1.165) is 0 Å². The maximum atomic E-state index is 11.8. The van der Waals surface area contributed by atoms with Crippen molar-refractivity contribution in [2.75, 3.05) is 0 Å². The maximum absolute atomic E-state index is 11.8. The van der Waals surface area contributed by atoms with E-state index < -0.39 is 11.5 Å². The summed E-state index contributed by atoms with van der Waals surface area (Å²) in [6.45, 7) is 0. The molecule has 2 rings (SSSR count). The first kappa shape index (κ1) is 12.1. The minimum Gasteiger partial charge on any atom is -0.372 e. The number of rotatable bonds is 3. The summed E-state index contributed by atoms with van der Waals surface area (Å²) >= 11 is 0. The van der Waals surface area contributed by atoms with Crippen LogP contribution >= 0.6 is 0 Å². The van der Waals surface area contributed by atoms with Gasteiger partial charge < -0.3 is 5.11 Å². The van der Waals surface area contributed by atoms with Gasteiger partial charge in [0.15, 0.2) is 5.60 Å². The largest absolute Gasteiger partial charge is 0.372 e. The Morgan fingerprint density at radius 3 is 1.67 bits per heavy atom. The van der Waals surface area contributed by atoms with Gasteiger partial charge in [-0.3, -0.25) is 4.79 Å². The number of amides is 1. The van der Waals surface area contributed by atoms with Crippen molar-refractivity contribution >= 4 is 5.91 Å². The average molecular weight is 240 g/mol. The molecule has 2 aromatic carbocycles. The van der Waals surface area contributed by atoms with Crippen LogP contribution in [0, 0.1) is 5.53 Å². The van der Waals surface area contributed by atoms with Gasteiger partial charge >= 0.3 is 5.91 Å². The molecule has 0 saturated carbocycles. The van der Waals surface area contributed by atoms with Crippen molar-refractivity contribution in [3.05, 3.63) is 71.8 Å². The van der Waals surface area contributed by atoms with Gasteiger partial charge in [0, 0.05) is 0 Å². The highest BCUT2D eigenvalue weighted by Gasteiger charge is 2.39. The van der Waals surface area contributed by atoms with Crippen molar-refractivity contribution in [3.63, 3.8) is 0 Å². The Morgan fingerprint density at radius 1 is 0.944 bits per heavy atom. The predicted molar refractivity (Wildman–Crippen MR) is 66.0 cm³/mol. The van der Waals surface area contributed by atoms with Crippen LogP contribution in [-0.4, -0.2) is 11.0 Å². The molecule has 4 heteroatoms. The summed E-state index contributed by atoms with van der Waals surface area (Å²) in [5, 5.41) is 13.5. The summed E-state index contributed by atoms with van der Waals surface area (Å²) in [5.41, 5.74) is 5.78. The molecule has 1 amide bonds. The highest BCUT2D eigenvalue weighted by molar-refractivity contribution is 5.90. The second-order valence-corrected chi connectivity index (χ2v) is 3.86. The lowest BCUT2D eigenvalue weighted by Gasteiger charge is -2.24. The van der Waals surface area contributed by atoms with Crippen molar-refractivity contribution in [2.24, 2.45) is 5.11 Å². The fourth-order valence-electron chi connectivity index (χ4n) is 1.85. The van der Waals surface area contributed by atoms with E-state index in [1.165, 1.54) is 0 Å². The third-order valence-corrected chi connectivity index (χ3v) is 2.79. The van der Waals surface area contributed by atoms with E-state index in [-0.39, 0.29) is 0 Å². The molecule has 0 aromatic heterocycles. The van der Waals surface area contributed by atoms with Crippen LogP contribution in [0.25, 0.3) is 0 Å². The molecule has 4 nitrogen and oxygen atoms in total. The fraction of sp³-hybridized carbons (Fsp3) is 0.0714. The third-order valence-electron chi connectivity index (χ3n) is 2.79. The Labute approximate surface area is 104 Å². The van der Waals surface area contributed by atoms with Crippen LogP contribution in [0.4, 0.5) is 0 Å². The Bertz CT molecular complexity index is 513. The van der Waals surface area contributed by atoms with Gasteiger partial charge in [0.05, 0.1) is 0 Å². The van der Waals surface area contributed by atoms with Crippen molar-refractivity contribution in [1.29, 1.82) is 5.53 Å². The van der Waals surface area contributed by atoms with Crippen molar-refractivity contribution < 1.29 is 9.90 Å². The monoisotopic (exact) mass is 240 g/mol. The summed E-state index contributed by atoms with van der Waals surface area (Å²) in [5.74, 6) is -0.903. The minimum atomic E-state index is -1.90. The molecule has 18 heavy (non-hydrogen) atoms. The molecule has 0 unspecified atom stereocenters. The van der Waals surface area contributed by atoms with Crippen LogP contribution in [-0.2, 0) is 10.4 Å². The van der Waals surface area contributed by atoms with Gasteiger partial charge in [0.1, 0.15) is 0 Å². The van der Waals surface area contributed by atoms with Gasteiger partial charge in [0.25, 0.3) is 0 Å². The van der Waals surface area contributed by atoms with Crippen LogP contribution < -0.4 is 0 Å². The molecule has 2 N–H and O–H groups in total. The zero-order valence-electron chi connectivity index (χ0n) is 9.58. The van der Waals surface area contributed by atoms with Crippen LogP contribution in [0.3, 0.4) is 0 Å². The molecule has 0 bridgehead atoms. The Hall–Kier alpha value is -2.33. The number of nitrogens with one attached hydrogen (secondary N) is 1. The first-order chi connectivity index (χ1) is 8.69. The minimum absolute atomic E-state index is 0.400. The molecule has 0 spiro atoms.